The largest absolute Gasteiger partial charge is 0.339 e. The molecule has 1 aromatic rings. The van der Waals surface area contributed by atoms with E-state index in [9.17, 15) is 4.79 Å². The summed E-state index contributed by atoms with van der Waals surface area (Å²) in [5.74, 6) is 0.201. The average molecular weight is 254 g/mol. The molecule has 1 amide bonds. The lowest BCUT2D eigenvalue weighted by Gasteiger charge is -2.32. The monoisotopic (exact) mass is 253 g/mol. The molecule has 1 aliphatic heterocycles. The van der Waals surface area contributed by atoms with Gasteiger partial charge in [0.25, 0.3) is 0 Å². The Labute approximate surface area is 92.0 Å². The summed E-state index contributed by atoms with van der Waals surface area (Å²) in [7, 11) is 1.86. The van der Waals surface area contributed by atoms with E-state index >= 15 is 0 Å². The van der Waals surface area contributed by atoms with Gasteiger partial charge in [-0.25, -0.2) is 0 Å². The first kappa shape index (κ1) is 9.71. The van der Waals surface area contributed by atoms with Crippen molar-refractivity contribution in [2.75, 3.05) is 7.05 Å². The molecule has 0 saturated carbocycles. The minimum atomic E-state index is 0.184. The van der Waals surface area contributed by atoms with Gasteiger partial charge in [0, 0.05) is 11.5 Å². The number of carbonyl (C=O) groups is 1. The second-order valence-electron chi connectivity index (χ2n) is 3.70. The molecule has 0 aliphatic carbocycles. The van der Waals surface area contributed by atoms with E-state index in [0.717, 1.165) is 10.0 Å². The summed E-state index contributed by atoms with van der Waals surface area (Å²) in [6.07, 6.45) is 0.531. The molecule has 74 valence electrons. The number of fused-ring (bicyclic) bond motifs is 1. The second-order valence-corrected chi connectivity index (χ2v) is 4.62. The maximum atomic E-state index is 11.6. The molecule has 0 N–H and O–H groups in total. The molecule has 0 spiro atoms. The number of carbonyl (C=O) groups excluding carboxylic acids is 1. The molecule has 2 rings (SSSR count). The Balaban J connectivity index is 2.51. The van der Waals surface area contributed by atoms with Gasteiger partial charge in [-0.2, -0.15) is 0 Å². The Morgan fingerprint density at radius 1 is 1.50 bits per heavy atom. The van der Waals surface area contributed by atoms with Crippen molar-refractivity contribution in [1.82, 2.24) is 4.90 Å². The topological polar surface area (TPSA) is 20.3 Å². The van der Waals surface area contributed by atoms with Crippen molar-refractivity contribution in [3.05, 3.63) is 33.8 Å². The van der Waals surface area contributed by atoms with Gasteiger partial charge in [0.05, 0.1) is 12.5 Å². The first-order valence-electron chi connectivity index (χ1n) is 4.63. The highest BCUT2D eigenvalue weighted by atomic mass is 79.9. The van der Waals surface area contributed by atoms with Gasteiger partial charge < -0.3 is 4.90 Å². The van der Waals surface area contributed by atoms with Crippen LogP contribution in [-0.4, -0.2) is 17.9 Å². The zero-order valence-electron chi connectivity index (χ0n) is 8.25. The number of nitrogens with zero attached hydrogens (tertiary/aromatic N) is 1. The molecule has 0 aromatic heterocycles. The highest BCUT2D eigenvalue weighted by molar-refractivity contribution is 9.10. The van der Waals surface area contributed by atoms with Gasteiger partial charge in [0.1, 0.15) is 0 Å². The number of halogens is 1. The molecule has 1 atom stereocenters. The molecule has 1 unspecified atom stereocenters. The van der Waals surface area contributed by atoms with Crippen molar-refractivity contribution in [2.24, 2.45) is 0 Å². The lowest BCUT2D eigenvalue weighted by atomic mass is 9.94. The third-order valence-corrected chi connectivity index (χ3v) is 3.37. The molecule has 1 heterocycles. The third-order valence-electron chi connectivity index (χ3n) is 2.87. The molecule has 0 bridgehead atoms. The summed E-state index contributed by atoms with van der Waals surface area (Å²) in [5, 5.41) is 0. The molecular weight excluding hydrogens is 242 g/mol. The van der Waals surface area contributed by atoms with Crippen molar-refractivity contribution < 1.29 is 4.79 Å². The summed E-state index contributed by atoms with van der Waals surface area (Å²) in [6, 6.07) is 6.30. The summed E-state index contributed by atoms with van der Waals surface area (Å²) < 4.78 is 1.07. The molecule has 2 nitrogen and oxygen atoms in total. The fourth-order valence-corrected chi connectivity index (χ4v) is 2.21. The number of rotatable bonds is 0. The quantitative estimate of drug-likeness (QED) is 0.696. The Bertz CT molecular complexity index is 389. The van der Waals surface area contributed by atoms with E-state index in [-0.39, 0.29) is 11.9 Å². The first-order chi connectivity index (χ1) is 6.59. The van der Waals surface area contributed by atoms with Crippen LogP contribution in [0.15, 0.2) is 22.7 Å². The van der Waals surface area contributed by atoms with Gasteiger partial charge >= 0.3 is 0 Å². The van der Waals surface area contributed by atoms with E-state index in [2.05, 4.69) is 28.9 Å². The normalized spacial score (nSPS) is 20.9. The van der Waals surface area contributed by atoms with Crippen LogP contribution in [0.5, 0.6) is 0 Å². The summed E-state index contributed by atoms with van der Waals surface area (Å²) in [4.78, 5) is 13.4. The van der Waals surface area contributed by atoms with Gasteiger partial charge in [0.15, 0.2) is 0 Å². The van der Waals surface area contributed by atoms with Crippen molar-refractivity contribution in [3.63, 3.8) is 0 Å². The summed E-state index contributed by atoms with van der Waals surface area (Å²) in [6.45, 7) is 2.06. The molecule has 1 aromatic carbocycles. The maximum Gasteiger partial charge on any atom is 0.227 e. The molecule has 0 fully saturated rings. The van der Waals surface area contributed by atoms with Crippen molar-refractivity contribution in [2.45, 2.75) is 19.4 Å². The standard InChI is InChI=1S/C11H12BrNO/c1-7-10-6-9(12)4-3-8(10)5-11(14)13(7)2/h3-4,6-7H,5H2,1-2H3. The van der Waals surface area contributed by atoms with Crippen LogP contribution in [0.4, 0.5) is 0 Å². The zero-order valence-corrected chi connectivity index (χ0v) is 9.84. The molecule has 14 heavy (non-hydrogen) atoms. The minimum absolute atomic E-state index is 0.184. The lowest BCUT2D eigenvalue weighted by Crippen LogP contribution is -2.35. The number of hydrogen-bond acceptors (Lipinski definition) is 1. The van der Waals surface area contributed by atoms with Crippen LogP contribution in [0.25, 0.3) is 0 Å². The van der Waals surface area contributed by atoms with Crippen LogP contribution in [-0.2, 0) is 11.2 Å². The van der Waals surface area contributed by atoms with Crippen molar-refractivity contribution >= 4 is 21.8 Å². The van der Waals surface area contributed by atoms with E-state index in [1.807, 2.05) is 19.2 Å². The van der Waals surface area contributed by atoms with Crippen LogP contribution < -0.4 is 0 Å². The predicted octanol–water partition coefficient (Wildman–Crippen LogP) is 2.52. The van der Waals surface area contributed by atoms with E-state index in [0.29, 0.717) is 6.42 Å². The van der Waals surface area contributed by atoms with E-state index in [1.54, 1.807) is 4.90 Å². The van der Waals surface area contributed by atoms with Crippen LogP contribution in [0.3, 0.4) is 0 Å². The van der Waals surface area contributed by atoms with Crippen molar-refractivity contribution in [3.8, 4) is 0 Å². The number of amides is 1. The lowest BCUT2D eigenvalue weighted by molar-refractivity contribution is -0.132. The van der Waals surface area contributed by atoms with Crippen LogP contribution in [0.2, 0.25) is 0 Å². The first-order valence-corrected chi connectivity index (χ1v) is 5.43. The highest BCUT2D eigenvalue weighted by Gasteiger charge is 2.26. The van der Waals surface area contributed by atoms with E-state index < -0.39 is 0 Å². The van der Waals surface area contributed by atoms with Gasteiger partial charge in [-0.3, -0.25) is 4.79 Å². The Morgan fingerprint density at radius 3 is 2.93 bits per heavy atom. The third kappa shape index (κ3) is 1.46. The fourth-order valence-electron chi connectivity index (χ4n) is 1.83. The molecular formula is C11H12BrNO. The predicted molar refractivity (Wildman–Crippen MR) is 59.0 cm³/mol. The summed E-state index contributed by atoms with van der Waals surface area (Å²) in [5.41, 5.74) is 2.41. The number of hydrogen-bond donors (Lipinski definition) is 0. The molecule has 0 saturated heterocycles. The average Bonchev–Trinajstić information content (AvgIpc) is 2.16. The zero-order chi connectivity index (χ0) is 10.3. The number of likely N-dealkylation sites (N-methyl/N-ethyl adjacent to an activating group) is 1. The van der Waals surface area contributed by atoms with Crippen LogP contribution in [0, 0.1) is 0 Å². The summed E-state index contributed by atoms with van der Waals surface area (Å²) >= 11 is 3.45. The van der Waals surface area contributed by atoms with Crippen LogP contribution in [0.1, 0.15) is 24.1 Å². The van der Waals surface area contributed by atoms with E-state index in [1.165, 1.54) is 5.56 Å². The second kappa shape index (κ2) is 3.39. The van der Waals surface area contributed by atoms with E-state index in [4.69, 9.17) is 0 Å². The Morgan fingerprint density at radius 2 is 2.21 bits per heavy atom. The SMILES string of the molecule is CC1c2cc(Br)ccc2CC(=O)N1C. The molecule has 0 radical (unpaired) electrons. The van der Waals surface area contributed by atoms with Gasteiger partial charge in [-0.1, -0.05) is 22.0 Å². The van der Waals surface area contributed by atoms with Gasteiger partial charge in [-0.05, 0) is 30.2 Å². The smallest absolute Gasteiger partial charge is 0.227 e. The molecule has 3 heteroatoms. The minimum Gasteiger partial charge on any atom is -0.339 e. The Kier molecular flexibility index (Phi) is 2.35. The van der Waals surface area contributed by atoms with Crippen molar-refractivity contribution in [1.29, 1.82) is 0 Å². The number of benzene rings is 1. The van der Waals surface area contributed by atoms with Crippen LogP contribution >= 0.6 is 15.9 Å². The van der Waals surface area contributed by atoms with Gasteiger partial charge in [-0.15, -0.1) is 0 Å². The highest BCUT2D eigenvalue weighted by Crippen LogP contribution is 2.30. The van der Waals surface area contributed by atoms with Gasteiger partial charge in [0.2, 0.25) is 5.91 Å². The Hall–Kier alpha value is -0.830. The molecule has 1 aliphatic rings. The maximum absolute atomic E-state index is 11.6. The fraction of sp³-hybridized carbons (Fsp3) is 0.364.